The molecular weight excluding hydrogens is 502 g/mol. The smallest absolute Gasteiger partial charge is 0.255 e. The van der Waals surface area contributed by atoms with Gasteiger partial charge in [0.2, 0.25) is 0 Å². The highest BCUT2D eigenvalue weighted by Gasteiger charge is 2.18. The third kappa shape index (κ3) is 5.81. The molecule has 1 fully saturated rings. The molecule has 1 aliphatic rings. The van der Waals surface area contributed by atoms with Crippen molar-refractivity contribution < 1.29 is 4.79 Å². The van der Waals surface area contributed by atoms with Crippen molar-refractivity contribution in [3.63, 3.8) is 0 Å². The molecule has 180 valence electrons. The van der Waals surface area contributed by atoms with Gasteiger partial charge in [-0.1, -0.05) is 52.3 Å². The molecule has 1 amide bonds. The quantitative estimate of drug-likeness (QED) is 0.366. The van der Waals surface area contributed by atoms with Crippen molar-refractivity contribution in [2.75, 3.05) is 38.0 Å². The summed E-state index contributed by atoms with van der Waals surface area (Å²) >= 11 is 3.42. The third-order valence-electron chi connectivity index (χ3n) is 6.68. The minimum absolute atomic E-state index is 0.131. The fourth-order valence-electron chi connectivity index (χ4n) is 4.65. The van der Waals surface area contributed by atoms with Crippen molar-refractivity contribution in [3.8, 4) is 0 Å². The van der Waals surface area contributed by atoms with Crippen LogP contribution < -0.4 is 5.32 Å². The second-order valence-corrected chi connectivity index (χ2v) is 10.0. The molecule has 0 radical (unpaired) electrons. The zero-order valence-electron chi connectivity index (χ0n) is 20.0. The lowest BCUT2D eigenvalue weighted by molar-refractivity contribution is 0.102. The van der Waals surface area contributed by atoms with Crippen LogP contribution in [0.3, 0.4) is 0 Å². The van der Waals surface area contributed by atoms with Gasteiger partial charge >= 0.3 is 0 Å². The van der Waals surface area contributed by atoms with Crippen LogP contribution >= 0.6 is 15.9 Å². The minimum atomic E-state index is -0.131. The Labute approximate surface area is 214 Å². The molecule has 0 atom stereocenters. The molecule has 0 aliphatic carbocycles. The average Bonchev–Trinajstić information content (AvgIpc) is 3.19. The Hall–Kier alpha value is -3.00. The molecule has 4 aromatic rings. The molecule has 0 bridgehead atoms. The Morgan fingerprint density at radius 3 is 2.49 bits per heavy atom. The number of carbonyl (C=O) groups is 1. The Morgan fingerprint density at radius 2 is 1.71 bits per heavy atom. The number of anilines is 1. The van der Waals surface area contributed by atoms with Crippen LogP contribution in [-0.2, 0) is 20.0 Å². The minimum Gasteiger partial charge on any atom is -0.331 e. The Balaban J connectivity index is 1.17. The number of aromatic nitrogens is 2. The van der Waals surface area contributed by atoms with Crippen LogP contribution in [0.2, 0.25) is 0 Å². The molecule has 0 unspecified atom stereocenters. The number of imidazole rings is 1. The molecule has 6 nitrogen and oxygen atoms in total. The lowest BCUT2D eigenvalue weighted by Crippen LogP contribution is -2.46. The highest BCUT2D eigenvalue weighted by atomic mass is 79.9. The Kier molecular flexibility index (Phi) is 7.27. The second kappa shape index (κ2) is 10.7. The van der Waals surface area contributed by atoms with E-state index >= 15 is 0 Å². The van der Waals surface area contributed by atoms with Gasteiger partial charge in [-0.2, -0.15) is 0 Å². The zero-order valence-corrected chi connectivity index (χ0v) is 21.5. The van der Waals surface area contributed by atoms with Crippen LogP contribution in [0.25, 0.3) is 11.0 Å². The number of rotatable bonds is 7. The maximum Gasteiger partial charge on any atom is 0.255 e. The maximum absolute atomic E-state index is 12.6. The van der Waals surface area contributed by atoms with Gasteiger partial charge in [-0.05, 0) is 42.0 Å². The molecule has 0 spiro atoms. The first-order chi connectivity index (χ1) is 17.0. The van der Waals surface area contributed by atoms with Crippen molar-refractivity contribution >= 4 is 38.6 Å². The topological polar surface area (TPSA) is 53.4 Å². The molecule has 1 aromatic heterocycles. The number of fused-ring (bicyclic) bond motifs is 1. The molecule has 1 aliphatic heterocycles. The first kappa shape index (κ1) is 23.7. The summed E-state index contributed by atoms with van der Waals surface area (Å²) in [6.07, 6.45) is 0.906. The van der Waals surface area contributed by atoms with E-state index in [1.807, 2.05) is 36.4 Å². The van der Waals surface area contributed by atoms with Crippen molar-refractivity contribution in [1.29, 1.82) is 0 Å². The summed E-state index contributed by atoms with van der Waals surface area (Å²) in [5.74, 6) is 0.940. The second-order valence-electron chi connectivity index (χ2n) is 9.11. The molecule has 1 saturated heterocycles. The van der Waals surface area contributed by atoms with E-state index < -0.39 is 0 Å². The number of halogens is 1. The molecular formula is C28H30BrN5O. The van der Waals surface area contributed by atoms with Crippen LogP contribution in [0.5, 0.6) is 0 Å². The molecule has 0 saturated carbocycles. The SMILES string of the molecule is Cn1c(CCN2CCN(Cc3ccccc3)CC2)nc2cc(NC(=O)c3cccc(Br)c3)ccc21. The normalized spacial score (nSPS) is 14.9. The summed E-state index contributed by atoms with van der Waals surface area (Å²) in [4.78, 5) is 22.6. The van der Waals surface area contributed by atoms with E-state index in [4.69, 9.17) is 4.98 Å². The van der Waals surface area contributed by atoms with E-state index in [1.165, 1.54) is 5.56 Å². The fraction of sp³-hybridized carbons (Fsp3) is 0.286. The van der Waals surface area contributed by atoms with E-state index in [0.717, 1.165) is 72.7 Å². The molecule has 35 heavy (non-hydrogen) atoms. The summed E-state index contributed by atoms with van der Waals surface area (Å²) in [5, 5.41) is 2.99. The van der Waals surface area contributed by atoms with Crippen LogP contribution in [0, 0.1) is 0 Å². The van der Waals surface area contributed by atoms with Crippen LogP contribution in [0.1, 0.15) is 21.7 Å². The van der Waals surface area contributed by atoms with Crippen molar-refractivity contribution in [1.82, 2.24) is 19.4 Å². The van der Waals surface area contributed by atoms with Crippen molar-refractivity contribution in [2.24, 2.45) is 7.05 Å². The van der Waals surface area contributed by atoms with Gasteiger partial charge in [0.1, 0.15) is 5.82 Å². The standard InChI is InChI=1S/C28H30BrN5O/c1-32-26-11-10-24(30-28(35)22-8-5-9-23(29)18-22)19-25(26)31-27(32)12-13-33-14-16-34(17-15-33)20-21-6-3-2-4-7-21/h2-11,18-19H,12-17,20H2,1H3,(H,30,35). The van der Waals surface area contributed by atoms with Crippen molar-refractivity contribution in [3.05, 3.63) is 94.2 Å². The van der Waals surface area contributed by atoms with Gasteiger partial charge in [-0.25, -0.2) is 4.98 Å². The van der Waals surface area contributed by atoms with Gasteiger partial charge in [-0.15, -0.1) is 0 Å². The molecule has 2 heterocycles. The first-order valence-electron chi connectivity index (χ1n) is 12.1. The van der Waals surface area contributed by atoms with Gasteiger partial charge in [0.15, 0.2) is 0 Å². The van der Waals surface area contributed by atoms with E-state index in [9.17, 15) is 4.79 Å². The van der Waals surface area contributed by atoms with Gasteiger partial charge in [0, 0.05) is 68.5 Å². The number of nitrogens with zero attached hydrogens (tertiary/aromatic N) is 4. The molecule has 1 N–H and O–H groups in total. The van der Waals surface area contributed by atoms with Gasteiger partial charge in [0.05, 0.1) is 11.0 Å². The number of benzene rings is 3. The third-order valence-corrected chi connectivity index (χ3v) is 7.18. The summed E-state index contributed by atoms with van der Waals surface area (Å²) < 4.78 is 3.05. The summed E-state index contributed by atoms with van der Waals surface area (Å²) in [7, 11) is 2.07. The van der Waals surface area contributed by atoms with E-state index in [0.29, 0.717) is 5.56 Å². The summed E-state index contributed by atoms with van der Waals surface area (Å²) in [6, 6.07) is 24.0. The van der Waals surface area contributed by atoms with Crippen molar-refractivity contribution in [2.45, 2.75) is 13.0 Å². The van der Waals surface area contributed by atoms with Crippen LogP contribution in [0.4, 0.5) is 5.69 Å². The Morgan fingerprint density at radius 1 is 0.943 bits per heavy atom. The van der Waals surface area contributed by atoms with E-state index in [-0.39, 0.29) is 5.91 Å². The number of piperazine rings is 1. The number of hydrogen-bond acceptors (Lipinski definition) is 4. The van der Waals surface area contributed by atoms with Crippen LogP contribution in [-0.4, -0.2) is 58.0 Å². The number of amides is 1. The number of nitrogens with one attached hydrogen (secondary N) is 1. The lowest BCUT2D eigenvalue weighted by atomic mass is 10.2. The summed E-state index contributed by atoms with van der Waals surface area (Å²) in [5.41, 5.74) is 4.73. The van der Waals surface area contributed by atoms with Gasteiger partial charge in [-0.3, -0.25) is 9.69 Å². The number of aryl methyl sites for hydroxylation is 1. The van der Waals surface area contributed by atoms with Crippen LogP contribution in [0.15, 0.2) is 77.3 Å². The lowest BCUT2D eigenvalue weighted by Gasteiger charge is -2.34. The highest BCUT2D eigenvalue weighted by Crippen LogP contribution is 2.21. The largest absolute Gasteiger partial charge is 0.331 e. The predicted octanol–water partition coefficient (Wildman–Crippen LogP) is 4.95. The highest BCUT2D eigenvalue weighted by molar-refractivity contribution is 9.10. The number of carbonyl (C=O) groups excluding carboxylic acids is 1. The molecule has 3 aromatic carbocycles. The molecule has 7 heteroatoms. The number of hydrogen-bond donors (Lipinski definition) is 1. The van der Waals surface area contributed by atoms with Gasteiger partial charge < -0.3 is 14.8 Å². The van der Waals surface area contributed by atoms with E-state index in [2.05, 4.69) is 73.0 Å². The average molecular weight is 532 g/mol. The fourth-order valence-corrected chi connectivity index (χ4v) is 5.05. The summed E-state index contributed by atoms with van der Waals surface area (Å²) in [6.45, 7) is 6.39. The van der Waals surface area contributed by atoms with E-state index in [1.54, 1.807) is 6.07 Å². The first-order valence-corrected chi connectivity index (χ1v) is 12.9. The maximum atomic E-state index is 12.6. The molecule has 5 rings (SSSR count). The van der Waals surface area contributed by atoms with Gasteiger partial charge in [0.25, 0.3) is 5.91 Å². The predicted molar refractivity (Wildman–Crippen MR) is 145 cm³/mol. The monoisotopic (exact) mass is 531 g/mol. The zero-order chi connectivity index (χ0) is 24.2. The Bertz CT molecular complexity index is 1310.